The number of aliphatic imine (C=N–C) groups is 1. The Labute approximate surface area is 199 Å². The lowest BCUT2D eigenvalue weighted by Gasteiger charge is -2.27. The van der Waals surface area contributed by atoms with Gasteiger partial charge in [0.25, 0.3) is 0 Å². The van der Waals surface area contributed by atoms with Crippen molar-refractivity contribution in [3.05, 3.63) is 53.1 Å². The van der Waals surface area contributed by atoms with E-state index in [4.69, 9.17) is 0 Å². The van der Waals surface area contributed by atoms with Crippen molar-refractivity contribution >= 4 is 34.9 Å². The number of carbonyl (C=O) groups excluding carboxylic acids is 1. The van der Waals surface area contributed by atoms with Gasteiger partial charge in [0.15, 0.2) is 0 Å². The monoisotopic (exact) mass is 462 g/mol. The Kier molecular flexibility index (Phi) is 6.68. The van der Waals surface area contributed by atoms with Gasteiger partial charge in [0.2, 0.25) is 5.84 Å². The van der Waals surface area contributed by atoms with Gasteiger partial charge in [0.05, 0.1) is 17.3 Å². The number of anilines is 2. The Hall–Kier alpha value is -3.68. The van der Waals surface area contributed by atoms with Crippen LogP contribution in [0, 0.1) is 19.8 Å². The SMILES string of the molecule is CCC1=NC(=NNc2cccc(C3CCCC(C(=O)O)C3)c2O)C(=O)N1c1ccc(C)c(C)c1. The summed E-state index contributed by atoms with van der Waals surface area (Å²) in [5.74, 6) is -0.912. The fraction of sp³-hybridized carbons (Fsp3) is 0.385. The van der Waals surface area contributed by atoms with E-state index in [9.17, 15) is 19.8 Å². The third kappa shape index (κ3) is 4.53. The van der Waals surface area contributed by atoms with E-state index in [1.54, 1.807) is 17.0 Å². The van der Waals surface area contributed by atoms with E-state index in [0.717, 1.165) is 29.7 Å². The first-order valence-corrected chi connectivity index (χ1v) is 11.7. The van der Waals surface area contributed by atoms with Crippen molar-refractivity contribution in [1.29, 1.82) is 0 Å². The molecule has 4 rings (SSSR count). The highest BCUT2D eigenvalue weighted by Crippen LogP contribution is 2.42. The average Bonchev–Trinajstić information content (AvgIpc) is 3.15. The maximum atomic E-state index is 13.1. The fourth-order valence-electron chi connectivity index (χ4n) is 4.67. The van der Waals surface area contributed by atoms with Crippen molar-refractivity contribution in [2.24, 2.45) is 16.0 Å². The van der Waals surface area contributed by atoms with E-state index >= 15 is 0 Å². The van der Waals surface area contributed by atoms with Gasteiger partial charge in [-0.15, -0.1) is 5.10 Å². The first-order valence-electron chi connectivity index (χ1n) is 11.7. The Morgan fingerprint density at radius 2 is 2.00 bits per heavy atom. The summed E-state index contributed by atoms with van der Waals surface area (Å²) in [6.07, 6.45) is 3.34. The number of aromatic hydroxyl groups is 1. The summed E-state index contributed by atoms with van der Waals surface area (Å²) in [4.78, 5) is 30.5. The van der Waals surface area contributed by atoms with Gasteiger partial charge in [0.1, 0.15) is 11.6 Å². The predicted molar refractivity (Wildman–Crippen MR) is 133 cm³/mol. The van der Waals surface area contributed by atoms with Crippen LogP contribution in [0.5, 0.6) is 5.75 Å². The molecule has 3 N–H and O–H groups in total. The van der Waals surface area contributed by atoms with Crippen LogP contribution < -0.4 is 10.3 Å². The van der Waals surface area contributed by atoms with Gasteiger partial charge in [-0.25, -0.2) is 4.99 Å². The third-order valence-corrected chi connectivity index (χ3v) is 6.77. The lowest BCUT2D eigenvalue weighted by molar-refractivity contribution is -0.143. The molecule has 2 atom stereocenters. The lowest BCUT2D eigenvalue weighted by atomic mass is 9.77. The molecular formula is C26H30N4O4. The quantitative estimate of drug-likeness (QED) is 0.415. The van der Waals surface area contributed by atoms with Crippen LogP contribution in [0.15, 0.2) is 46.5 Å². The number of amides is 1. The van der Waals surface area contributed by atoms with E-state index in [2.05, 4.69) is 15.5 Å². The maximum absolute atomic E-state index is 13.1. The zero-order chi connectivity index (χ0) is 24.4. The van der Waals surface area contributed by atoms with Crippen LogP contribution >= 0.6 is 0 Å². The number of rotatable bonds is 6. The summed E-state index contributed by atoms with van der Waals surface area (Å²) in [6.45, 7) is 5.95. The standard InChI is InChI=1S/C26H30N4O4/c1-4-22-27-24(25(32)30(22)19-12-11-15(2)16(3)13-19)29-28-21-10-6-9-20(23(21)31)17-7-5-8-18(14-17)26(33)34/h6,9-13,17-18,28,31H,4-5,7-8,14H2,1-3H3,(H,33,34). The van der Waals surface area contributed by atoms with Crippen LogP contribution in [0.3, 0.4) is 0 Å². The molecule has 2 unspecified atom stereocenters. The summed E-state index contributed by atoms with van der Waals surface area (Å²) < 4.78 is 0. The molecule has 1 amide bonds. The van der Waals surface area contributed by atoms with Gasteiger partial charge in [0, 0.05) is 6.42 Å². The first kappa shape index (κ1) is 23.5. The molecule has 0 spiro atoms. The van der Waals surface area contributed by atoms with Gasteiger partial charge in [-0.1, -0.05) is 31.5 Å². The number of phenolic OH excluding ortho intramolecular Hbond substituents is 1. The number of benzene rings is 2. The Morgan fingerprint density at radius 3 is 2.71 bits per heavy atom. The van der Waals surface area contributed by atoms with E-state index in [1.807, 2.05) is 45.0 Å². The van der Waals surface area contributed by atoms with E-state index in [1.165, 1.54) is 0 Å². The zero-order valence-corrected chi connectivity index (χ0v) is 19.7. The normalized spacial score (nSPS) is 21.6. The molecule has 8 heteroatoms. The molecule has 1 aliphatic heterocycles. The number of hydrazone groups is 1. The van der Waals surface area contributed by atoms with Gasteiger partial charge in [-0.05, 0) is 73.9 Å². The van der Waals surface area contributed by atoms with Crippen LogP contribution in [-0.4, -0.2) is 33.8 Å². The van der Waals surface area contributed by atoms with Crippen molar-refractivity contribution < 1.29 is 19.8 Å². The van der Waals surface area contributed by atoms with Crippen molar-refractivity contribution in [1.82, 2.24) is 0 Å². The molecule has 8 nitrogen and oxygen atoms in total. The van der Waals surface area contributed by atoms with Crippen molar-refractivity contribution in [3.63, 3.8) is 0 Å². The molecule has 178 valence electrons. The summed E-state index contributed by atoms with van der Waals surface area (Å²) in [5, 5.41) is 24.5. The number of nitrogens with one attached hydrogen (secondary N) is 1. The first-order chi connectivity index (χ1) is 16.3. The molecule has 1 heterocycles. The zero-order valence-electron chi connectivity index (χ0n) is 19.7. The van der Waals surface area contributed by atoms with Crippen molar-refractivity contribution in [2.75, 3.05) is 10.3 Å². The number of aliphatic carboxylic acids is 1. The lowest BCUT2D eigenvalue weighted by Crippen LogP contribution is -2.33. The molecule has 1 aliphatic carbocycles. The number of aryl methyl sites for hydroxylation is 2. The minimum atomic E-state index is -0.789. The minimum Gasteiger partial charge on any atom is -0.505 e. The number of carboxylic acid groups (broad SMARTS) is 1. The van der Waals surface area contributed by atoms with Crippen molar-refractivity contribution in [3.8, 4) is 5.75 Å². The van der Waals surface area contributed by atoms with Gasteiger partial charge < -0.3 is 10.2 Å². The van der Waals surface area contributed by atoms with Gasteiger partial charge >= 0.3 is 11.9 Å². The summed E-state index contributed by atoms with van der Waals surface area (Å²) in [5.41, 5.74) is 6.82. The number of hydrogen-bond acceptors (Lipinski definition) is 5. The average molecular weight is 463 g/mol. The molecule has 0 radical (unpaired) electrons. The van der Waals surface area contributed by atoms with Gasteiger partial charge in [-0.2, -0.15) is 0 Å². The Balaban J connectivity index is 1.56. The van der Waals surface area contributed by atoms with Gasteiger partial charge in [-0.3, -0.25) is 19.9 Å². The minimum absolute atomic E-state index is 0.0171. The number of carbonyl (C=O) groups is 2. The van der Waals surface area contributed by atoms with Crippen LogP contribution in [0.25, 0.3) is 0 Å². The molecule has 1 fully saturated rings. The number of carboxylic acids is 1. The number of hydrogen-bond donors (Lipinski definition) is 3. The molecule has 2 aromatic carbocycles. The second kappa shape index (κ2) is 9.67. The van der Waals surface area contributed by atoms with E-state index in [-0.39, 0.29) is 23.4 Å². The molecule has 1 saturated carbocycles. The third-order valence-electron chi connectivity index (χ3n) is 6.77. The molecule has 0 bridgehead atoms. The topological polar surface area (TPSA) is 115 Å². The van der Waals surface area contributed by atoms with Crippen LogP contribution in [0.1, 0.15) is 61.6 Å². The summed E-state index contributed by atoms with van der Waals surface area (Å²) in [7, 11) is 0. The predicted octanol–water partition coefficient (Wildman–Crippen LogP) is 4.95. The number of amidine groups is 2. The second-order valence-corrected chi connectivity index (χ2v) is 8.98. The molecule has 0 saturated heterocycles. The van der Waals surface area contributed by atoms with Crippen LogP contribution in [0.2, 0.25) is 0 Å². The second-order valence-electron chi connectivity index (χ2n) is 8.98. The molecule has 2 aromatic rings. The van der Waals surface area contributed by atoms with Crippen molar-refractivity contribution in [2.45, 2.75) is 58.8 Å². The molecule has 34 heavy (non-hydrogen) atoms. The highest BCUT2D eigenvalue weighted by Gasteiger charge is 2.33. The molecule has 2 aliphatic rings. The van der Waals surface area contributed by atoms with E-state index in [0.29, 0.717) is 36.3 Å². The number of phenols is 1. The largest absolute Gasteiger partial charge is 0.505 e. The number of para-hydroxylation sites is 1. The maximum Gasteiger partial charge on any atom is 0.306 e. The van der Waals surface area contributed by atoms with Crippen LogP contribution in [-0.2, 0) is 9.59 Å². The molecular weight excluding hydrogens is 432 g/mol. The highest BCUT2D eigenvalue weighted by molar-refractivity contribution is 6.54. The Bertz CT molecular complexity index is 1190. The summed E-state index contributed by atoms with van der Waals surface area (Å²) >= 11 is 0. The van der Waals surface area contributed by atoms with Crippen LogP contribution in [0.4, 0.5) is 11.4 Å². The smallest absolute Gasteiger partial charge is 0.306 e. The summed E-state index contributed by atoms with van der Waals surface area (Å²) in [6, 6.07) is 11.1. The Morgan fingerprint density at radius 1 is 1.21 bits per heavy atom. The molecule has 0 aromatic heterocycles. The number of nitrogens with zero attached hydrogens (tertiary/aromatic N) is 3. The highest BCUT2D eigenvalue weighted by atomic mass is 16.4. The fourth-order valence-corrected chi connectivity index (χ4v) is 4.67. The van der Waals surface area contributed by atoms with E-state index < -0.39 is 11.9 Å².